The van der Waals surface area contributed by atoms with Crippen LogP contribution >= 0.6 is 0 Å². The van der Waals surface area contributed by atoms with Gasteiger partial charge < -0.3 is 34.7 Å². The first-order valence-corrected chi connectivity index (χ1v) is 26.9. The zero-order chi connectivity index (χ0) is 51.6. The number of carbonyl (C=O) groups is 2. The highest BCUT2D eigenvalue weighted by Crippen LogP contribution is 2.47. The lowest BCUT2D eigenvalue weighted by atomic mass is 9.72. The van der Waals surface area contributed by atoms with Gasteiger partial charge in [0.2, 0.25) is 5.91 Å². The molecule has 4 fully saturated rings. The van der Waals surface area contributed by atoms with Crippen LogP contribution in [0.5, 0.6) is 17.2 Å². The summed E-state index contributed by atoms with van der Waals surface area (Å²) in [5.74, 6) is -1.08. The van der Waals surface area contributed by atoms with Crippen molar-refractivity contribution in [3.63, 3.8) is 0 Å². The Balaban J connectivity index is 0.863. The van der Waals surface area contributed by atoms with Crippen LogP contribution in [0.2, 0.25) is 0 Å². The molecule has 5 aromatic rings. The molecular formula is C53H64FN9O9S. The van der Waals surface area contributed by atoms with Crippen molar-refractivity contribution in [1.82, 2.24) is 29.6 Å². The molecule has 5 aliphatic rings. The molecule has 6 heterocycles. The standard InChI is InChI=1S/C53H64FN9O9S/c1-32(2)38-8-6-7-9-39(38)45-28-60(51(65)33(3)4)20-21-62(45)61-30-53(31-61)16-18-59(19-17-53)35-10-11-40(46(22-35)72-36-23-41-42(54)27-56-49(41)55-26-36)50(64)58-73(69,70)37-24-44(63(67)68)48-47(25-37)71-29-43(57-48)34-12-14-52(5,66)15-13-34/h6-11,22-27,32-34,43,45,57,66H,12-21,28-31H2,1-5H3,(H,55,56)(H,58,64)/t34?,43-,45+,52?/m1/s1. The topological polar surface area (TPSA) is 216 Å². The molecule has 4 aliphatic heterocycles. The number of nitro benzene ring substituents is 1. The fourth-order valence-corrected chi connectivity index (χ4v) is 12.6. The molecule has 2 atom stereocenters. The van der Waals surface area contributed by atoms with E-state index in [0.717, 1.165) is 50.3 Å². The molecule has 0 unspecified atom stereocenters. The molecule has 0 radical (unpaired) electrons. The van der Waals surface area contributed by atoms with E-state index in [4.69, 9.17) is 9.47 Å². The van der Waals surface area contributed by atoms with E-state index in [-0.39, 0.29) is 81.4 Å². The van der Waals surface area contributed by atoms with Crippen molar-refractivity contribution in [2.45, 2.75) is 102 Å². The third kappa shape index (κ3) is 10.1. The number of pyridine rings is 1. The number of aromatic nitrogens is 2. The zero-order valence-corrected chi connectivity index (χ0v) is 42.7. The van der Waals surface area contributed by atoms with Crippen molar-refractivity contribution in [3.05, 3.63) is 106 Å². The molecule has 388 valence electrons. The van der Waals surface area contributed by atoms with E-state index < -0.39 is 42.9 Å². The number of amides is 2. The Hall–Kier alpha value is -6.35. The van der Waals surface area contributed by atoms with Crippen molar-refractivity contribution >= 4 is 49.9 Å². The summed E-state index contributed by atoms with van der Waals surface area (Å²) in [7, 11) is -4.75. The molecular weight excluding hydrogens is 958 g/mol. The van der Waals surface area contributed by atoms with Crippen molar-refractivity contribution < 1.29 is 41.9 Å². The Morgan fingerprint density at radius 1 is 1.00 bits per heavy atom. The quantitative estimate of drug-likeness (QED) is 0.0686. The third-order valence-electron chi connectivity index (χ3n) is 15.8. The summed E-state index contributed by atoms with van der Waals surface area (Å²) < 4.78 is 57.1. The molecule has 2 amide bonds. The van der Waals surface area contributed by atoms with Gasteiger partial charge in [0.05, 0.1) is 44.7 Å². The number of nitrogens with zero attached hydrogens (tertiary/aromatic N) is 6. The average Bonchev–Trinajstić information content (AvgIpc) is 3.73. The predicted octanol–water partition coefficient (Wildman–Crippen LogP) is 8.12. The lowest BCUT2D eigenvalue weighted by Crippen LogP contribution is -2.68. The van der Waals surface area contributed by atoms with Gasteiger partial charge >= 0.3 is 0 Å². The number of piperidine rings is 1. The lowest BCUT2D eigenvalue weighted by Gasteiger charge is -2.60. The van der Waals surface area contributed by atoms with Gasteiger partial charge in [0.1, 0.15) is 29.6 Å². The van der Waals surface area contributed by atoms with E-state index in [1.807, 2.05) is 18.7 Å². The number of benzene rings is 3. The first kappa shape index (κ1) is 50.2. The van der Waals surface area contributed by atoms with Crippen molar-refractivity contribution in [2.75, 3.05) is 62.6 Å². The van der Waals surface area contributed by atoms with Crippen LogP contribution in [0.15, 0.2) is 78.0 Å². The smallest absolute Gasteiger partial charge is 0.297 e. The van der Waals surface area contributed by atoms with Crippen LogP contribution in [-0.4, -0.2) is 119 Å². The maximum Gasteiger partial charge on any atom is 0.297 e. The SMILES string of the molecule is CC(C)C(=O)N1CCN(N2CC3(CCN(c4ccc(C(=O)NS(=O)(=O)c5cc6c(c([N+](=O)[O-])c5)N[C@@H](C5CCC(C)(O)CC5)CO6)c(Oc5cnc6[nH]cc(F)c6c5)c4)CC3)C2)[C@H](c2ccccc2C(C)C)C1. The summed E-state index contributed by atoms with van der Waals surface area (Å²) >= 11 is 0. The highest BCUT2D eigenvalue weighted by molar-refractivity contribution is 7.90. The summed E-state index contributed by atoms with van der Waals surface area (Å²) in [6.07, 6.45) is 6.85. The molecule has 10 rings (SSSR count). The molecule has 2 aromatic heterocycles. The molecule has 18 nitrogen and oxygen atoms in total. The second-order valence-electron chi connectivity index (χ2n) is 21.6. The van der Waals surface area contributed by atoms with Gasteiger partial charge in [-0.05, 0) is 86.6 Å². The molecule has 4 N–H and O–H groups in total. The number of fused-ring (bicyclic) bond motifs is 2. The van der Waals surface area contributed by atoms with Crippen LogP contribution in [0.3, 0.4) is 0 Å². The number of nitro groups is 1. The van der Waals surface area contributed by atoms with Gasteiger partial charge in [0.25, 0.3) is 21.6 Å². The molecule has 1 aliphatic carbocycles. The van der Waals surface area contributed by atoms with E-state index in [1.54, 1.807) is 19.1 Å². The predicted molar refractivity (Wildman–Crippen MR) is 273 cm³/mol. The van der Waals surface area contributed by atoms with Crippen LogP contribution in [0.25, 0.3) is 11.0 Å². The Bertz CT molecular complexity index is 3050. The summed E-state index contributed by atoms with van der Waals surface area (Å²) in [5.41, 5.74) is 2.22. The first-order valence-electron chi connectivity index (χ1n) is 25.4. The normalized spacial score (nSPS) is 23.4. The molecule has 1 spiro atoms. The number of aromatic amines is 1. The Morgan fingerprint density at radius 3 is 2.45 bits per heavy atom. The van der Waals surface area contributed by atoms with Crippen LogP contribution in [0.4, 0.5) is 21.5 Å². The number of ether oxygens (including phenoxy) is 2. The number of H-pyrrole nitrogens is 1. The maximum absolute atomic E-state index is 14.7. The minimum absolute atomic E-state index is 0.0144. The molecule has 1 saturated carbocycles. The number of rotatable bonds is 12. The number of nitrogens with one attached hydrogen (secondary N) is 3. The van der Waals surface area contributed by atoms with E-state index in [0.29, 0.717) is 57.8 Å². The molecule has 73 heavy (non-hydrogen) atoms. The fourth-order valence-electron chi connectivity index (χ4n) is 11.6. The van der Waals surface area contributed by atoms with Crippen LogP contribution in [-0.2, 0) is 14.8 Å². The molecule has 20 heteroatoms. The summed E-state index contributed by atoms with van der Waals surface area (Å²) in [6, 6.07) is 16.7. The van der Waals surface area contributed by atoms with Gasteiger partial charge in [-0.15, -0.1) is 0 Å². The number of sulfonamides is 1. The zero-order valence-electron chi connectivity index (χ0n) is 41.9. The highest BCUT2D eigenvalue weighted by atomic mass is 32.2. The van der Waals surface area contributed by atoms with Gasteiger partial charge in [-0.25, -0.2) is 32.5 Å². The number of aliphatic hydroxyl groups is 1. The minimum Gasteiger partial charge on any atom is -0.489 e. The van der Waals surface area contributed by atoms with E-state index in [2.05, 4.69) is 73.0 Å². The Kier molecular flexibility index (Phi) is 13.4. The van der Waals surface area contributed by atoms with Gasteiger partial charge in [-0.3, -0.25) is 19.7 Å². The third-order valence-corrected chi connectivity index (χ3v) is 17.1. The summed E-state index contributed by atoms with van der Waals surface area (Å²) in [4.78, 5) is 49.9. The Morgan fingerprint density at radius 2 is 1.74 bits per heavy atom. The largest absolute Gasteiger partial charge is 0.489 e. The van der Waals surface area contributed by atoms with Crippen LogP contribution < -0.4 is 24.4 Å². The van der Waals surface area contributed by atoms with Crippen LogP contribution in [0.1, 0.15) is 107 Å². The number of hydrogen-bond donors (Lipinski definition) is 4. The summed E-state index contributed by atoms with van der Waals surface area (Å²) in [6.45, 7) is 15.4. The van der Waals surface area contributed by atoms with Gasteiger partial charge in [0, 0.05) is 87.2 Å². The number of hydrogen-bond acceptors (Lipinski definition) is 14. The molecule has 3 aromatic carbocycles. The second-order valence-corrected chi connectivity index (χ2v) is 23.3. The number of hydrazine groups is 1. The molecule has 3 saturated heterocycles. The van der Waals surface area contributed by atoms with E-state index in [1.165, 1.54) is 35.7 Å². The van der Waals surface area contributed by atoms with Crippen molar-refractivity contribution in [3.8, 4) is 17.2 Å². The van der Waals surface area contributed by atoms with E-state index >= 15 is 0 Å². The number of piperazine rings is 1. The fraction of sp³-hybridized carbons (Fsp3) is 0.491. The van der Waals surface area contributed by atoms with Gasteiger partial charge in [-0.2, -0.15) is 0 Å². The first-order chi connectivity index (χ1) is 34.8. The summed E-state index contributed by atoms with van der Waals surface area (Å²) in [5, 5.41) is 31.2. The maximum atomic E-state index is 14.7. The highest BCUT2D eigenvalue weighted by Gasteiger charge is 2.49. The second kappa shape index (κ2) is 19.5. The van der Waals surface area contributed by atoms with E-state index in [9.17, 15) is 37.6 Å². The molecule has 0 bridgehead atoms. The van der Waals surface area contributed by atoms with Gasteiger partial charge in [0.15, 0.2) is 11.4 Å². The monoisotopic (exact) mass is 1020 g/mol. The van der Waals surface area contributed by atoms with Crippen LogP contribution in [0, 0.1) is 33.2 Å². The average molecular weight is 1020 g/mol. The number of carbonyl (C=O) groups excluding carboxylic acids is 2. The van der Waals surface area contributed by atoms with Crippen molar-refractivity contribution in [2.24, 2.45) is 17.3 Å². The van der Waals surface area contributed by atoms with Crippen molar-refractivity contribution in [1.29, 1.82) is 0 Å². The lowest BCUT2D eigenvalue weighted by molar-refractivity contribution is -0.384. The number of halogens is 1. The number of anilines is 2. The minimum atomic E-state index is -4.75. The van der Waals surface area contributed by atoms with Gasteiger partial charge in [-0.1, -0.05) is 52.0 Å². The Labute approximate surface area is 424 Å².